The van der Waals surface area contributed by atoms with E-state index in [-0.39, 0.29) is 0 Å². The van der Waals surface area contributed by atoms with Crippen molar-refractivity contribution in [2.45, 2.75) is 6.54 Å². The molecular weight excluding hydrogens is 449 g/mol. The topological polar surface area (TPSA) is 88.6 Å². The normalized spacial score (nSPS) is 14.0. The number of carbonyl (C=O) groups is 1. The van der Waals surface area contributed by atoms with E-state index in [9.17, 15) is 9.18 Å². The van der Waals surface area contributed by atoms with Crippen LogP contribution in [0.4, 0.5) is 20.6 Å². The minimum atomic E-state index is -0.467. The zero-order chi connectivity index (χ0) is 24.0. The van der Waals surface area contributed by atoms with Crippen LogP contribution in [0.2, 0.25) is 0 Å². The number of hydrogen-bond donors (Lipinski definition) is 2. The van der Waals surface area contributed by atoms with Crippen LogP contribution < -0.4 is 15.4 Å². The summed E-state index contributed by atoms with van der Waals surface area (Å²) in [6.45, 7) is 4.00. The van der Waals surface area contributed by atoms with Crippen LogP contribution in [0.5, 0.6) is 11.5 Å². The maximum atomic E-state index is 13.3. The Hall–Kier alpha value is -4.08. The number of aromatic nitrogens is 2. The lowest BCUT2D eigenvalue weighted by atomic mass is 10.2. The average molecular weight is 474 g/mol. The molecule has 2 amide bonds. The molecule has 8 nitrogen and oxygen atoms in total. The first kappa shape index (κ1) is 22.7. The van der Waals surface area contributed by atoms with Gasteiger partial charge in [0.2, 0.25) is 0 Å². The van der Waals surface area contributed by atoms with Crippen LogP contribution in [-0.4, -0.2) is 47.2 Å². The standard InChI is InChI=1S/C26H24FN5O3/c27-18-2-1-3-20(14-18)31-26(33)30-19-4-6-22(7-5-19)35-23-8-9-24-25(15-23)29-21(16-28-24)17-32-10-12-34-13-11-32/h1-9,14-16H,10-13,17H2,(H2,30,31,33). The lowest BCUT2D eigenvalue weighted by molar-refractivity contribution is 0.0336. The average Bonchev–Trinajstić information content (AvgIpc) is 2.86. The predicted octanol–water partition coefficient (Wildman–Crippen LogP) is 5.04. The summed E-state index contributed by atoms with van der Waals surface area (Å²) in [7, 11) is 0. The van der Waals surface area contributed by atoms with Crippen molar-refractivity contribution in [1.82, 2.24) is 14.9 Å². The Bertz CT molecular complexity index is 1330. The molecule has 4 aromatic rings. The fraction of sp³-hybridized carbons (Fsp3) is 0.192. The molecule has 3 aromatic carbocycles. The summed E-state index contributed by atoms with van der Waals surface area (Å²) in [4.78, 5) is 23.7. The Labute approximate surface area is 201 Å². The molecule has 2 N–H and O–H groups in total. The van der Waals surface area contributed by atoms with Gasteiger partial charge in [-0.3, -0.25) is 9.88 Å². The molecule has 1 aromatic heterocycles. The zero-order valence-electron chi connectivity index (χ0n) is 18.9. The van der Waals surface area contributed by atoms with Gasteiger partial charge in [-0.1, -0.05) is 6.07 Å². The second kappa shape index (κ2) is 10.5. The molecular formula is C26H24FN5O3. The Morgan fingerprint density at radius 2 is 1.71 bits per heavy atom. The van der Waals surface area contributed by atoms with Gasteiger partial charge in [-0.15, -0.1) is 0 Å². The van der Waals surface area contributed by atoms with Crippen molar-refractivity contribution in [3.8, 4) is 11.5 Å². The van der Waals surface area contributed by atoms with Crippen LogP contribution in [0.1, 0.15) is 5.69 Å². The Morgan fingerprint density at radius 3 is 2.51 bits per heavy atom. The lowest BCUT2D eigenvalue weighted by Crippen LogP contribution is -2.35. The van der Waals surface area contributed by atoms with Gasteiger partial charge < -0.3 is 20.1 Å². The van der Waals surface area contributed by atoms with Crippen molar-refractivity contribution in [1.29, 1.82) is 0 Å². The van der Waals surface area contributed by atoms with Gasteiger partial charge in [0.05, 0.1) is 36.1 Å². The van der Waals surface area contributed by atoms with E-state index in [1.165, 1.54) is 18.2 Å². The first-order valence-corrected chi connectivity index (χ1v) is 11.3. The molecule has 9 heteroatoms. The number of carbonyl (C=O) groups excluding carboxylic acids is 1. The van der Waals surface area contributed by atoms with Crippen molar-refractivity contribution < 1.29 is 18.7 Å². The van der Waals surface area contributed by atoms with Crippen molar-refractivity contribution in [3.05, 3.63) is 84.4 Å². The molecule has 0 saturated carbocycles. The van der Waals surface area contributed by atoms with Gasteiger partial charge in [0.1, 0.15) is 17.3 Å². The molecule has 0 aliphatic carbocycles. The van der Waals surface area contributed by atoms with Crippen LogP contribution >= 0.6 is 0 Å². The molecule has 1 fully saturated rings. The van der Waals surface area contributed by atoms with E-state index in [1.807, 2.05) is 24.4 Å². The van der Waals surface area contributed by atoms with Gasteiger partial charge in [-0.25, -0.2) is 14.2 Å². The third-order valence-electron chi connectivity index (χ3n) is 5.48. The zero-order valence-corrected chi connectivity index (χ0v) is 18.9. The van der Waals surface area contributed by atoms with E-state index < -0.39 is 11.8 Å². The van der Waals surface area contributed by atoms with Crippen molar-refractivity contribution >= 4 is 28.4 Å². The van der Waals surface area contributed by atoms with Crippen molar-refractivity contribution in [2.75, 3.05) is 36.9 Å². The quantitative estimate of drug-likeness (QED) is 0.408. The number of hydrogen-bond acceptors (Lipinski definition) is 6. The summed E-state index contributed by atoms with van der Waals surface area (Å²) in [6.07, 6.45) is 1.81. The molecule has 1 aliphatic heterocycles. The molecule has 1 aliphatic rings. The fourth-order valence-corrected chi connectivity index (χ4v) is 3.76. The highest BCUT2D eigenvalue weighted by Crippen LogP contribution is 2.26. The summed E-state index contributed by atoms with van der Waals surface area (Å²) in [6, 6.07) is 17.8. The number of nitrogens with one attached hydrogen (secondary N) is 2. The highest BCUT2D eigenvalue weighted by atomic mass is 19.1. The SMILES string of the molecule is O=C(Nc1ccc(Oc2ccc3ncc(CN4CCOCC4)nc3c2)cc1)Nc1cccc(F)c1. The van der Waals surface area contributed by atoms with Gasteiger partial charge in [0, 0.05) is 37.1 Å². The Kier molecular flexibility index (Phi) is 6.78. The second-order valence-corrected chi connectivity index (χ2v) is 8.12. The van der Waals surface area contributed by atoms with E-state index in [1.54, 1.807) is 30.3 Å². The summed E-state index contributed by atoms with van der Waals surface area (Å²) < 4.78 is 24.7. The van der Waals surface area contributed by atoms with Crippen LogP contribution in [0.3, 0.4) is 0 Å². The molecule has 35 heavy (non-hydrogen) atoms. The molecule has 0 unspecified atom stereocenters. The van der Waals surface area contributed by atoms with Crippen LogP contribution in [0.15, 0.2) is 72.9 Å². The third-order valence-corrected chi connectivity index (χ3v) is 5.48. The molecule has 0 spiro atoms. The highest BCUT2D eigenvalue weighted by molar-refractivity contribution is 5.99. The van der Waals surface area contributed by atoms with Gasteiger partial charge in [0.25, 0.3) is 0 Å². The van der Waals surface area contributed by atoms with Gasteiger partial charge in [0.15, 0.2) is 0 Å². The number of morpholine rings is 1. The predicted molar refractivity (Wildman–Crippen MR) is 131 cm³/mol. The second-order valence-electron chi connectivity index (χ2n) is 8.12. The summed E-state index contributed by atoms with van der Waals surface area (Å²) >= 11 is 0. The fourth-order valence-electron chi connectivity index (χ4n) is 3.76. The Balaban J connectivity index is 1.21. The molecule has 1 saturated heterocycles. The third kappa shape index (κ3) is 6.08. The van der Waals surface area contributed by atoms with Crippen molar-refractivity contribution in [3.63, 3.8) is 0 Å². The maximum Gasteiger partial charge on any atom is 0.323 e. The monoisotopic (exact) mass is 473 g/mol. The van der Waals surface area contributed by atoms with Gasteiger partial charge >= 0.3 is 6.03 Å². The van der Waals surface area contributed by atoms with E-state index in [4.69, 9.17) is 14.5 Å². The van der Waals surface area contributed by atoms with Gasteiger partial charge in [-0.2, -0.15) is 0 Å². The highest BCUT2D eigenvalue weighted by Gasteiger charge is 2.12. The lowest BCUT2D eigenvalue weighted by Gasteiger charge is -2.26. The summed E-state index contributed by atoms with van der Waals surface area (Å²) in [5.74, 6) is 0.829. The summed E-state index contributed by atoms with van der Waals surface area (Å²) in [5.41, 5.74) is 3.41. The molecule has 2 heterocycles. The minimum Gasteiger partial charge on any atom is -0.457 e. The molecule has 0 atom stereocenters. The molecule has 0 radical (unpaired) electrons. The number of ether oxygens (including phenoxy) is 2. The number of amides is 2. The smallest absolute Gasteiger partial charge is 0.323 e. The van der Waals surface area contributed by atoms with Gasteiger partial charge in [-0.05, 0) is 54.6 Å². The number of halogens is 1. The maximum absolute atomic E-state index is 13.3. The number of anilines is 2. The molecule has 0 bridgehead atoms. The number of benzene rings is 3. The van der Waals surface area contributed by atoms with Crippen molar-refractivity contribution in [2.24, 2.45) is 0 Å². The van der Waals surface area contributed by atoms with E-state index in [2.05, 4.69) is 20.5 Å². The molecule has 5 rings (SSSR count). The van der Waals surface area contributed by atoms with E-state index in [0.29, 0.717) is 22.9 Å². The first-order valence-electron chi connectivity index (χ1n) is 11.3. The van der Waals surface area contributed by atoms with Crippen LogP contribution in [-0.2, 0) is 11.3 Å². The van der Waals surface area contributed by atoms with Crippen LogP contribution in [0, 0.1) is 5.82 Å². The Morgan fingerprint density at radius 1 is 0.943 bits per heavy atom. The molecule has 178 valence electrons. The minimum absolute atomic E-state index is 0.370. The van der Waals surface area contributed by atoms with Crippen LogP contribution in [0.25, 0.3) is 11.0 Å². The first-order chi connectivity index (χ1) is 17.1. The van der Waals surface area contributed by atoms with E-state index in [0.717, 1.165) is 49.6 Å². The number of nitrogens with zero attached hydrogens (tertiary/aromatic N) is 3. The number of urea groups is 1. The van der Waals surface area contributed by atoms with E-state index >= 15 is 0 Å². The largest absolute Gasteiger partial charge is 0.457 e. The number of fused-ring (bicyclic) bond motifs is 1. The summed E-state index contributed by atoms with van der Waals surface area (Å²) in [5, 5.41) is 5.30. The number of rotatable bonds is 6.